The van der Waals surface area contributed by atoms with Gasteiger partial charge in [0.2, 0.25) is 0 Å². The van der Waals surface area contributed by atoms with Gasteiger partial charge in [0.15, 0.2) is 0 Å². The molecular weight excluding hydrogens is 257 g/mol. The largest absolute Gasteiger partial charge is 0.384 e. The topological polar surface area (TPSA) is 49.3 Å². The molecular formula is C16H20FNO2. The van der Waals surface area contributed by atoms with Crippen molar-refractivity contribution in [3.63, 3.8) is 0 Å². The third kappa shape index (κ3) is 4.36. The number of benzene rings is 1. The van der Waals surface area contributed by atoms with E-state index in [9.17, 15) is 9.18 Å². The van der Waals surface area contributed by atoms with Crippen molar-refractivity contribution in [3.8, 4) is 11.8 Å². The number of hydrogen-bond donors (Lipinski definition) is 2. The Balaban J connectivity index is 3.03. The monoisotopic (exact) mass is 277 g/mol. The molecule has 1 unspecified atom stereocenters. The summed E-state index contributed by atoms with van der Waals surface area (Å²) < 4.78 is 13.2. The van der Waals surface area contributed by atoms with Gasteiger partial charge in [0, 0.05) is 11.6 Å². The molecule has 0 aromatic heterocycles. The molecule has 0 heterocycles. The van der Waals surface area contributed by atoms with E-state index in [1.165, 1.54) is 18.2 Å². The predicted molar refractivity (Wildman–Crippen MR) is 76.7 cm³/mol. The molecule has 108 valence electrons. The fourth-order valence-electron chi connectivity index (χ4n) is 1.94. The Hall–Kier alpha value is -1.86. The fourth-order valence-corrected chi connectivity index (χ4v) is 1.94. The van der Waals surface area contributed by atoms with E-state index in [0.29, 0.717) is 11.5 Å². The smallest absolute Gasteiger partial charge is 0.252 e. The van der Waals surface area contributed by atoms with E-state index in [2.05, 4.69) is 17.2 Å². The number of halogens is 1. The second-order valence-corrected chi connectivity index (χ2v) is 4.88. The third-order valence-electron chi connectivity index (χ3n) is 3.09. The van der Waals surface area contributed by atoms with Crippen molar-refractivity contribution in [1.29, 1.82) is 0 Å². The molecule has 1 aromatic rings. The summed E-state index contributed by atoms with van der Waals surface area (Å²) in [6, 6.07) is 3.91. The summed E-state index contributed by atoms with van der Waals surface area (Å²) in [6.45, 7) is 5.74. The third-order valence-corrected chi connectivity index (χ3v) is 3.09. The number of hydrogen-bond acceptors (Lipinski definition) is 2. The van der Waals surface area contributed by atoms with Crippen LogP contribution in [-0.4, -0.2) is 23.7 Å². The second kappa shape index (κ2) is 7.66. The SMILES string of the molecule is CCC(NC(=O)c1ccc(F)cc1C#CCO)C(C)C. The zero-order valence-electron chi connectivity index (χ0n) is 12.0. The Labute approximate surface area is 119 Å². The lowest BCUT2D eigenvalue weighted by Gasteiger charge is -2.21. The van der Waals surface area contributed by atoms with Gasteiger partial charge in [0.25, 0.3) is 5.91 Å². The van der Waals surface area contributed by atoms with Crippen molar-refractivity contribution in [2.75, 3.05) is 6.61 Å². The number of nitrogens with one attached hydrogen (secondary N) is 1. The standard InChI is InChI=1S/C16H20FNO2/c1-4-15(11(2)3)18-16(20)14-8-7-13(17)10-12(14)6-5-9-19/h7-8,10-11,15,19H,4,9H2,1-3H3,(H,18,20). The van der Waals surface area contributed by atoms with Crippen LogP contribution in [0.3, 0.4) is 0 Å². The molecule has 0 fully saturated rings. The maximum atomic E-state index is 13.2. The average molecular weight is 277 g/mol. The zero-order valence-corrected chi connectivity index (χ0v) is 12.0. The van der Waals surface area contributed by atoms with E-state index in [-0.39, 0.29) is 24.1 Å². The number of carbonyl (C=O) groups excluding carboxylic acids is 1. The van der Waals surface area contributed by atoms with E-state index in [4.69, 9.17) is 5.11 Å². The molecule has 0 aliphatic carbocycles. The second-order valence-electron chi connectivity index (χ2n) is 4.88. The minimum Gasteiger partial charge on any atom is -0.384 e. The van der Waals surface area contributed by atoms with Gasteiger partial charge in [0.1, 0.15) is 12.4 Å². The highest BCUT2D eigenvalue weighted by atomic mass is 19.1. The highest BCUT2D eigenvalue weighted by Crippen LogP contribution is 2.13. The molecule has 20 heavy (non-hydrogen) atoms. The van der Waals surface area contributed by atoms with Crippen LogP contribution in [-0.2, 0) is 0 Å². The molecule has 0 saturated carbocycles. The molecule has 0 saturated heterocycles. The quantitative estimate of drug-likeness (QED) is 0.830. The maximum absolute atomic E-state index is 13.2. The predicted octanol–water partition coefficient (Wildman–Crippen LogP) is 2.33. The first-order chi connectivity index (χ1) is 9.49. The van der Waals surface area contributed by atoms with Gasteiger partial charge in [0.05, 0.1) is 5.56 Å². The molecule has 1 atom stereocenters. The van der Waals surface area contributed by atoms with Gasteiger partial charge in [-0.25, -0.2) is 4.39 Å². The maximum Gasteiger partial charge on any atom is 0.252 e. The first kappa shape index (κ1) is 16.2. The molecule has 0 aliphatic heterocycles. The Morgan fingerprint density at radius 2 is 2.15 bits per heavy atom. The highest BCUT2D eigenvalue weighted by Gasteiger charge is 2.17. The normalized spacial score (nSPS) is 11.7. The number of amides is 1. The lowest BCUT2D eigenvalue weighted by Crippen LogP contribution is -2.38. The zero-order chi connectivity index (χ0) is 15.1. The molecule has 3 nitrogen and oxygen atoms in total. The molecule has 2 N–H and O–H groups in total. The van der Waals surface area contributed by atoms with Gasteiger partial charge in [-0.05, 0) is 30.5 Å². The molecule has 0 aliphatic rings. The van der Waals surface area contributed by atoms with E-state index < -0.39 is 5.82 Å². The summed E-state index contributed by atoms with van der Waals surface area (Å²) in [4.78, 5) is 12.2. The summed E-state index contributed by atoms with van der Waals surface area (Å²) in [5.74, 6) is 4.63. The number of carbonyl (C=O) groups is 1. The van der Waals surface area contributed by atoms with Crippen molar-refractivity contribution in [2.24, 2.45) is 5.92 Å². The van der Waals surface area contributed by atoms with Crippen molar-refractivity contribution < 1.29 is 14.3 Å². The summed E-state index contributed by atoms with van der Waals surface area (Å²) in [6.07, 6.45) is 0.822. The van der Waals surface area contributed by atoms with Crippen molar-refractivity contribution in [1.82, 2.24) is 5.32 Å². The lowest BCUT2D eigenvalue weighted by molar-refractivity contribution is 0.0924. The van der Waals surface area contributed by atoms with Crippen LogP contribution in [0.2, 0.25) is 0 Å². The minimum atomic E-state index is -0.459. The van der Waals surface area contributed by atoms with Crippen molar-refractivity contribution in [3.05, 3.63) is 35.1 Å². The first-order valence-electron chi connectivity index (χ1n) is 6.69. The molecule has 0 radical (unpaired) electrons. The number of aliphatic hydroxyl groups is 1. The van der Waals surface area contributed by atoms with Crippen LogP contribution in [0.1, 0.15) is 43.1 Å². The average Bonchev–Trinajstić information content (AvgIpc) is 2.41. The molecule has 4 heteroatoms. The summed E-state index contributed by atoms with van der Waals surface area (Å²) in [5.41, 5.74) is 0.613. The minimum absolute atomic E-state index is 0.0613. The Kier molecular flexibility index (Phi) is 6.20. The van der Waals surface area contributed by atoms with Crippen LogP contribution in [0.25, 0.3) is 0 Å². The van der Waals surface area contributed by atoms with Gasteiger partial charge < -0.3 is 10.4 Å². The molecule has 0 bridgehead atoms. The van der Waals surface area contributed by atoms with Crippen LogP contribution >= 0.6 is 0 Å². The summed E-state index contributed by atoms with van der Waals surface area (Å²) >= 11 is 0. The van der Waals surface area contributed by atoms with Crippen LogP contribution in [0.5, 0.6) is 0 Å². The van der Waals surface area contributed by atoms with Gasteiger partial charge in [-0.3, -0.25) is 4.79 Å². The van der Waals surface area contributed by atoms with Crippen molar-refractivity contribution in [2.45, 2.75) is 33.2 Å². The van der Waals surface area contributed by atoms with E-state index in [1.54, 1.807) is 0 Å². The molecule has 0 spiro atoms. The Morgan fingerprint density at radius 1 is 1.45 bits per heavy atom. The molecule has 1 aromatic carbocycles. The first-order valence-corrected chi connectivity index (χ1v) is 6.69. The van der Waals surface area contributed by atoms with E-state index in [1.807, 2.05) is 20.8 Å². The van der Waals surface area contributed by atoms with E-state index in [0.717, 1.165) is 6.42 Å². The number of rotatable bonds is 4. The van der Waals surface area contributed by atoms with Gasteiger partial charge in [-0.1, -0.05) is 32.6 Å². The van der Waals surface area contributed by atoms with E-state index >= 15 is 0 Å². The Bertz CT molecular complexity index is 529. The Morgan fingerprint density at radius 3 is 2.70 bits per heavy atom. The summed E-state index contributed by atoms with van der Waals surface area (Å²) in [5, 5.41) is 11.6. The van der Waals surface area contributed by atoms with Crippen LogP contribution < -0.4 is 5.32 Å². The van der Waals surface area contributed by atoms with Gasteiger partial charge >= 0.3 is 0 Å². The van der Waals surface area contributed by atoms with Gasteiger partial charge in [-0.15, -0.1) is 0 Å². The molecule has 1 amide bonds. The van der Waals surface area contributed by atoms with Crippen molar-refractivity contribution >= 4 is 5.91 Å². The highest BCUT2D eigenvalue weighted by molar-refractivity contribution is 5.96. The summed E-state index contributed by atoms with van der Waals surface area (Å²) in [7, 11) is 0. The lowest BCUT2D eigenvalue weighted by atomic mass is 10.0. The van der Waals surface area contributed by atoms with Crippen LogP contribution in [0, 0.1) is 23.6 Å². The molecule has 1 rings (SSSR count). The van der Waals surface area contributed by atoms with Crippen LogP contribution in [0.4, 0.5) is 4.39 Å². The van der Waals surface area contributed by atoms with Crippen LogP contribution in [0.15, 0.2) is 18.2 Å². The van der Waals surface area contributed by atoms with Gasteiger partial charge in [-0.2, -0.15) is 0 Å². The number of aliphatic hydroxyl groups excluding tert-OH is 1. The fraction of sp³-hybridized carbons (Fsp3) is 0.438.